The first-order chi connectivity index (χ1) is 12.5. The highest BCUT2D eigenvalue weighted by Crippen LogP contribution is 2.45. The van der Waals surface area contributed by atoms with E-state index in [2.05, 4.69) is 48.5 Å². The number of esters is 1. The molecule has 0 fully saturated rings. The minimum atomic E-state index is -2.11. The Morgan fingerprint density at radius 2 is 1.48 bits per heavy atom. The van der Waals surface area contributed by atoms with E-state index in [9.17, 15) is 4.79 Å². The Bertz CT molecular complexity index is 489. The molecule has 1 heterocycles. The van der Waals surface area contributed by atoms with Gasteiger partial charge in [-0.15, -0.1) is 0 Å². The summed E-state index contributed by atoms with van der Waals surface area (Å²) in [6.07, 6.45) is 1.47. The third kappa shape index (κ3) is 5.43. The highest BCUT2D eigenvalue weighted by atomic mass is 28.4. The Balaban J connectivity index is 3.24. The second kappa shape index (κ2) is 10.2. The highest BCUT2D eigenvalue weighted by molar-refractivity contribution is 6.77. The number of hydrogen-bond acceptors (Lipinski definition) is 5. The van der Waals surface area contributed by atoms with Crippen molar-refractivity contribution in [1.29, 1.82) is 0 Å². The molecule has 3 atom stereocenters. The van der Waals surface area contributed by atoms with Crippen LogP contribution < -0.4 is 0 Å². The zero-order valence-electron chi connectivity index (χ0n) is 18.9. The van der Waals surface area contributed by atoms with E-state index in [1.807, 2.05) is 6.92 Å². The van der Waals surface area contributed by atoms with Gasteiger partial charge in [0.05, 0.1) is 6.10 Å². The lowest BCUT2D eigenvalue weighted by molar-refractivity contribution is -0.146. The van der Waals surface area contributed by atoms with Crippen molar-refractivity contribution < 1.29 is 23.4 Å². The molecule has 0 aliphatic carbocycles. The van der Waals surface area contributed by atoms with Crippen molar-refractivity contribution in [3.05, 3.63) is 11.6 Å². The predicted octanol–water partition coefficient (Wildman–Crippen LogP) is 5.06. The number of cyclic esters (lactones) is 1. The van der Waals surface area contributed by atoms with Crippen molar-refractivity contribution in [1.82, 2.24) is 0 Å². The fraction of sp³-hybridized carbons (Fsp3) is 0.857. The van der Waals surface area contributed by atoms with E-state index < -0.39 is 8.32 Å². The van der Waals surface area contributed by atoms with Gasteiger partial charge in [0.25, 0.3) is 0 Å². The number of carbonyl (C=O) groups excluding carboxylic acids is 1. The van der Waals surface area contributed by atoms with Crippen molar-refractivity contribution in [2.24, 2.45) is 5.92 Å². The zero-order valence-corrected chi connectivity index (χ0v) is 19.9. The summed E-state index contributed by atoms with van der Waals surface area (Å²) in [7, 11) is 1.19. The quantitative estimate of drug-likeness (QED) is 0.275. The van der Waals surface area contributed by atoms with Crippen molar-refractivity contribution >= 4 is 14.3 Å². The van der Waals surface area contributed by atoms with E-state index in [1.54, 1.807) is 20.3 Å². The summed E-state index contributed by atoms with van der Waals surface area (Å²) in [6.45, 7) is 17.7. The number of carbonyl (C=O) groups is 1. The Kier molecular flexibility index (Phi) is 9.19. The highest BCUT2D eigenvalue weighted by Gasteiger charge is 2.48. The van der Waals surface area contributed by atoms with Crippen LogP contribution in [0.1, 0.15) is 61.8 Å². The summed E-state index contributed by atoms with van der Waals surface area (Å²) in [4.78, 5) is 11.8. The van der Waals surface area contributed by atoms with Crippen LogP contribution in [0.5, 0.6) is 0 Å². The monoisotopic (exact) mass is 400 g/mol. The van der Waals surface area contributed by atoms with Gasteiger partial charge in [0.15, 0.2) is 6.29 Å². The third-order valence-electron chi connectivity index (χ3n) is 6.11. The lowest BCUT2D eigenvalue weighted by atomic mass is 9.92. The second-order valence-electron chi connectivity index (χ2n) is 8.72. The molecule has 27 heavy (non-hydrogen) atoms. The fourth-order valence-corrected chi connectivity index (χ4v) is 10.4. The predicted molar refractivity (Wildman–Crippen MR) is 111 cm³/mol. The van der Waals surface area contributed by atoms with E-state index in [-0.39, 0.29) is 30.4 Å². The van der Waals surface area contributed by atoms with Gasteiger partial charge in [0.2, 0.25) is 8.32 Å². The van der Waals surface area contributed by atoms with Crippen molar-refractivity contribution in [3.63, 3.8) is 0 Å². The lowest BCUT2D eigenvalue weighted by Crippen LogP contribution is -2.53. The van der Waals surface area contributed by atoms with Crippen LogP contribution in [0.25, 0.3) is 0 Å². The van der Waals surface area contributed by atoms with Crippen LogP contribution >= 0.6 is 0 Å². The standard InChI is InChI=1S/C21H40O5Si/c1-13(2)27(14(3)4,15(5)6)26-18(12-20(23-9)24-10)17(8)21-16(7)11-19(22)25-21/h11,13-15,17-18,20-21H,12H2,1-10H3/t17-,18-,21-/m0/s1. The van der Waals surface area contributed by atoms with E-state index in [0.717, 1.165) is 5.57 Å². The average Bonchev–Trinajstić information content (AvgIpc) is 2.92. The molecule has 0 bridgehead atoms. The summed E-state index contributed by atoms with van der Waals surface area (Å²) in [6, 6.07) is 0. The smallest absolute Gasteiger partial charge is 0.331 e. The first-order valence-electron chi connectivity index (χ1n) is 10.1. The van der Waals surface area contributed by atoms with Crippen LogP contribution in [0.15, 0.2) is 11.6 Å². The third-order valence-corrected chi connectivity index (χ3v) is 12.2. The van der Waals surface area contributed by atoms with E-state index in [4.69, 9.17) is 18.6 Å². The molecule has 1 rings (SSSR count). The molecule has 0 saturated carbocycles. The number of ether oxygens (including phenoxy) is 3. The molecule has 5 nitrogen and oxygen atoms in total. The Morgan fingerprint density at radius 3 is 1.81 bits per heavy atom. The summed E-state index contributed by atoms with van der Waals surface area (Å²) in [5, 5.41) is 0. The number of hydrogen-bond donors (Lipinski definition) is 0. The molecule has 0 saturated heterocycles. The van der Waals surface area contributed by atoms with Crippen LogP contribution in [0.3, 0.4) is 0 Å². The molecule has 0 amide bonds. The second-order valence-corrected chi connectivity index (χ2v) is 14.1. The number of methoxy groups -OCH3 is 2. The zero-order chi connectivity index (χ0) is 20.9. The molecule has 6 heteroatoms. The Hall–Kier alpha value is -0.693. The molecule has 0 aromatic rings. The van der Waals surface area contributed by atoms with Gasteiger partial charge < -0.3 is 18.6 Å². The molecule has 0 spiro atoms. The lowest BCUT2D eigenvalue weighted by Gasteiger charge is -2.46. The van der Waals surface area contributed by atoms with E-state index in [0.29, 0.717) is 23.0 Å². The molecular weight excluding hydrogens is 360 g/mol. The molecule has 158 valence electrons. The molecule has 0 unspecified atom stereocenters. The largest absolute Gasteiger partial charge is 0.454 e. The van der Waals surface area contributed by atoms with Crippen LogP contribution in [0.4, 0.5) is 0 Å². The van der Waals surface area contributed by atoms with E-state index >= 15 is 0 Å². The molecule has 1 aliphatic rings. The van der Waals surface area contributed by atoms with Gasteiger partial charge in [0, 0.05) is 32.6 Å². The maximum Gasteiger partial charge on any atom is 0.331 e. The molecule has 0 radical (unpaired) electrons. The maximum atomic E-state index is 11.8. The van der Waals surface area contributed by atoms with Crippen molar-refractivity contribution in [3.8, 4) is 0 Å². The van der Waals surface area contributed by atoms with E-state index in [1.165, 1.54) is 0 Å². The normalized spacial score (nSPS) is 20.6. The minimum absolute atomic E-state index is 0.0172. The summed E-state index contributed by atoms with van der Waals surface area (Å²) in [5.41, 5.74) is 2.37. The average molecular weight is 401 g/mol. The van der Waals surface area contributed by atoms with Gasteiger partial charge in [-0.25, -0.2) is 4.79 Å². The molecule has 0 aromatic heterocycles. The van der Waals surface area contributed by atoms with Crippen LogP contribution in [0.2, 0.25) is 16.6 Å². The molecule has 0 aromatic carbocycles. The van der Waals surface area contributed by atoms with Gasteiger partial charge in [-0.1, -0.05) is 48.5 Å². The minimum Gasteiger partial charge on any atom is -0.454 e. The van der Waals surface area contributed by atoms with Crippen LogP contribution in [-0.4, -0.2) is 47.0 Å². The topological polar surface area (TPSA) is 54.0 Å². The summed E-state index contributed by atoms with van der Waals surface area (Å²) < 4.78 is 23.6. The Labute approximate surface area is 166 Å². The molecular formula is C21H40O5Si. The van der Waals surface area contributed by atoms with Gasteiger partial charge in [-0.05, 0) is 29.1 Å². The first-order valence-corrected chi connectivity index (χ1v) is 12.3. The van der Waals surface area contributed by atoms with Gasteiger partial charge in [0.1, 0.15) is 6.10 Å². The summed E-state index contributed by atoms with van der Waals surface area (Å²) >= 11 is 0. The molecule has 0 N–H and O–H groups in total. The first kappa shape index (κ1) is 24.3. The summed E-state index contributed by atoms with van der Waals surface area (Å²) in [5.74, 6) is -0.248. The molecule has 1 aliphatic heterocycles. The van der Waals surface area contributed by atoms with Crippen LogP contribution in [0, 0.1) is 5.92 Å². The maximum absolute atomic E-state index is 11.8. The van der Waals surface area contributed by atoms with Gasteiger partial charge >= 0.3 is 5.97 Å². The van der Waals surface area contributed by atoms with Crippen molar-refractivity contribution in [2.45, 2.75) is 96.9 Å². The van der Waals surface area contributed by atoms with Gasteiger partial charge in [-0.3, -0.25) is 0 Å². The van der Waals surface area contributed by atoms with Gasteiger partial charge in [-0.2, -0.15) is 0 Å². The Morgan fingerprint density at radius 1 is 1.00 bits per heavy atom. The van der Waals surface area contributed by atoms with Crippen LogP contribution in [-0.2, 0) is 23.4 Å². The van der Waals surface area contributed by atoms with Crippen molar-refractivity contribution in [2.75, 3.05) is 14.2 Å². The number of rotatable bonds is 11. The fourth-order valence-electron chi connectivity index (χ4n) is 4.76. The SMILES string of the molecule is COC(C[C@H](O[Si](C(C)C)(C(C)C)C(C)C)[C@H](C)[C@H]1OC(=O)C=C1C)OC.